The fourth-order valence-electron chi connectivity index (χ4n) is 4.89. The molecule has 1 aliphatic rings. The summed E-state index contributed by atoms with van der Waals surface area (Å²) in [5, 5.41) is 0. The van der Waals surface area contributed by atoms with Gasteiger partial charge in [0.2, 0.25) is 0 Å². The summed E-state index contributed by atoms with van der Waals surface area (Å²) in [5.74, 6) is 1.05. The van der Waals surface area contributed by atoms with Gasteiger partial charge in [0.15, 0.2) is 5.79 Å². The third-order valence-electron chi connectivity index (χ3n) is 6.47. The van der Waals surface area contributed by atoms with E-state index in [1.165, 1.54) is 96.3 Å². The minimum atomic E-state index is -0.341. The highest BCUT2D eigenvalue weighted by molar-refractivity contribution is 4.87. The molecule has 1 aliphatic carbocycles. The van der Waals surface area contributed by atoms with Crippen molar-refractivity contribution in [3.8, 4) is 0 Å². The topological polar surface area (TPSA) is 18.5 Å². The first-order chi connectivity index (χ1) is 12.2. The van der Waals surface area contributed by atoms with E-state index in [4.69, 9.17) is 9.47 Å². The van der Waals surface area contributed by atoms with Crippen LogP contribution in [0.25, 0.3) is 0 Å². The summed E-state index contributed by atoms with van der Waals surface area (Å²) in [4.78, 5) is 0. The van der Waals surface area contributed by atoms with Gasteiger partial charge in [0, 0.05) is 26.6 Å². The minimum Gasteiger partial charge on any atom is -0.353 e. The monoisotopic (exact) mass is 354 g/mol. The van der Waals surface area contributed by atoms with Gasteiger partial charge < -0.3 is 9.47 Å². The lowest BCUT2D eigenvalue weighted by Gasteiger charge is -2.42. The normalized spacial score (nSPS) is 17.3. The molecule has 0 aromatic carbocycles. The Morgan fingerprint density at radius 3 is 1.84 bits per heavy atom. The number of rotatable bonds is 16. The molecule has 2 heteroatoms. The molecule has 150 valence electrons. The molecule has 0 aromatic heterocycles. The van der Waals surface area contributed by atoms with Crippen molar-refractivity contribution in [2.75, 3.05) is 14.2 Å². The van der Waals surface area contributed by atoms with Crippen LogP contribution in [0.1, 0.15) is 117 Å². The second-order valence-electron chi connectivity index (χ2n) is 8.24. The smallest absolute Gasteiger partial charge is 0.170 e. The van der Waals surface area contributed by atoms with Crippen LogP contribution in [0.2, 0.25) is 0 Å². The summed E-state index contributed by atoms with van der Waals surface area (Å²) >= 11 is 0. The van der Waals surface area contributed by atoms with Crippen LogP contribution < -0.4 is 0 Å². The van der Waals surface area contributed by atoms with Crippen LogP contribution >= 0.6 is 0 Å². The van der Waals surface area contributed by atoms with E-state index in [-0.39, 0.29) is 5.79 Å². The predicted molar refractivity (Wildman–Crippen MR) is 109 cm³/mol. The first-order valence-electron chi connectivity index (χ1n) is 11.3. The molecule has 0 aromatic rings. The van der Waals surface area contributed by atoms with E-state index in [1.54, 1.807) is 0 Å². The van der Waals surface area contributed by atoms with Crippen LogP contribution in [0, 0.1) is 11.8 Å². The number of ether oxygens (including phenoxy) is 2. The van der Waals surface area contributed by atoms with Gasteiger partial charge in [-0.15, -0.1) is 0 Å². The number of methoxy groups -OCH3 is 2. The van der Waals surface area contributed by atoms with Crippen molar-refractivity contribution in [2.24, 2.45) is 11.8 Å². The van der Waals surface area contributed by atoms with Crippen molar-refractivity contribution < 1.29 is 9.47 Å². The molecular weight excluding hydrogens is 308 g/mol. The average molecular weight is 355 g/mol. The lowest BCUT2D eigenvalue weighted by Crippen LogP contribution is -2.45. The standard InChI is InChI=1S/C23H46O2/c1-5-7-9-11-12-13-19-22(21-17-14-15-18-21)23(24-3,25-4)20-16-10-8-6-2/h21-22H,5-20H2,1-4H3. The molecule has 0 saturated heterocycles. The van der Waals surface area contributed by atoms with Crippen molar-refractivity contribution in [3.63, 3.8) is 0 Å². The van der Waals surface area contributed by atoms with Gasteiger partial charge in [-0.2, -0.15) is 0 Å². The quantitative estimate of drug-likeness (QED) is 0.211. The molecule has 0 aliphatic heterocycles. The molecule has 1 fully saturated rings. The maximum Gasteiger partial charge on any atom is 0.170 e. The fourth-order valence-corrected chi connectivity index (χ4v) is 4.89. The maximum atomic E-state index is 6.12. The molecule has 1 atom stereocenters. The Kier molecular flexibility index (Phi) is 12.9. The summed E-state index contributed by atoms with van der Waals surface area (Å²) < 4.78 is 12.2. The second kappa shape index (κ2) is 14.0. The average Bonchev–Trinajstić information content (AvgIpc) is 3.17. The summed E-state index contributed by atoms with van der Waals surface area (Å²) in [6, 6.07) is 0. The Labute approximate surface area is 158 Å². The van der Waals surface area contributed by atoms with Crippen molar-refractivity contribution in [3.05, 3.63) is 0 Å². The van der Waals surface area contributed by atoms with E-state index in [0.717, 1.165) is 12.3 Å². The van der Waals surface area contributed by atoms with Crippen LogP contribution in [0.15, 0.2) is 0 Å². The van der Waals surface area contributed by atoms with Crippen LogP contribution in [0.4, 0.5) is 0 Å². The zero-order chi connectivity index (χ0) is 18.4. The molecule has 1 rings (SSSR count). The van der Waals surface area contributed by atoms with Crippen molar-refractivity contribution in [1.29, 1.82) is 0 Å². The number of unbranched alkanes of at least 4 members (excludes halogenated alkanes) is 8. The molecular formula is C23H46O2. The molecule has 2 nitrogen and oxygen atoms in total. The van der Waals surface area contributed by atoms with Crippen LogP contribution in [0.5, 0.6) is 0 Å². The van der Waals surface area contributed by atoms with Gasteiger partial charge in [-0.25, -0.2) is 0 Å². The van der Waals surface area contributed by atoms with E-state index in [1.807, 2.05) is 14.2 Å². The van der Waals surface area contributed by atoms with E-state index >= 15 is 0 Å². The molecule has 0 N–H and O–H groups in total. The molecule has 0 spiro atoms. The van der Waals surface area contributed by atoms with Gasteiger partial charge in [-0.3, -0.25) is 0 Å². The van der Waals surface area contributed by atoms with Crippen molar-refractivity contribution >= 4 is 0 Å². The largest absolute Gasteiger partial charge is 0.353 e. The summed E-state index contributed by atoms with van der Waals surface area (Å²) in [7, 11) is 3.76. The van der Waals surface area contributed by atoms with Gasteiger partial charge >= 0.3 is 0 Å². The lowest BCUT2D eigenvalue weighted by molar-refractivity contribution is -0.255. The number of hydrogen-bond donors (Lipinski definition) is 0. The zero-order valence-corrected chi connectivity index (χ0v) is 17.8. The van der Waals surface area contributed by atoms with E-state index in [0.29, 0.717) is 5.92 Å². The highest BCUT2D eigenvalue weighted by atomic mass is 16.7. The van der Waals surface area contributed by atoms with Gasteiger partial charge in [-0.1, -0.05) is 84.5 Å². The molecule has 1 unspecified atom stereocenters. The first kappa shape index (κ1) is 23.0. The molecule has 0 radical (unpaired) electrons. The van der Waals surface area contributed by atoms with E-state index in [2.05, 4.69) is 13.8 Å². The zero-order valence-electron chi connectivity index (χ0n) is 17.8. The summed E-state index contributed by atoms with van der Waals surface area (Å²) in [6.45, 7) is 4.57. The minimum absolute atomic E-state index is 0.341. The Hall–Kier alpha value is -0.0800. The Bertz CT molecular complexity index is 292. The summed E-state index contributed by atoms with van der Waals surface area (Å²) in [5.41, 5.74) is 0. The predicted octanol–water partition coefficient (Wildman–Crippen LogP) is 7.50. The maximum absolute atomic E-state index is 6.12. The highest BCUT2D eigenvalue weighted by Gasteiger charge is 2.43. The fraction of sp³-hybridized carbons (Fsp3) is 1.00. The van der Waals surface area contributed by atoms with Gasteiger partial charge in [0.25, 0.3) is 0 Å². The molecule has 0 heterocycles. The van der Waals surface area contributed by atoms with Crippen LogP contribution in [0.3, 0.4) is 0 Å². The van der Waals surface area contributed by atoms with Gasteiger partial charge in [-0.05, 0) is 31.6 Å². The van der Waals surface area contributed by atoms with Crippen LogP contribution in [-0.4, -0.2) is 20.0 Å². The molecule has 0 amide bonds. The van der Waals surface area contributed by atoms with Crippen molar-refractivity contribution in [1.82, 2.24) is 0 Å². The Morgan fingerprint density at radius 1 is 0.760 bits per heavy atom. The molecule has 0 bridgehead atoms. The second-order valence-corrected chi connectivity index (χ2v) is 8.24. The lowest BCUT2D eigenvalue weighted by atomic mass is 9.78. The van der Waals surface area contributed by atoms with Crippen LogP contribution in [-0.2, 0) is 9.47 Å². The third-order valence-corrected chi connectivity index (χ3v) is 6.47. The number of hydrogen-bond acceptors (Lipinski definition) is 2. The molecule has 25 heavy (non-hydrogen) atoms. The summed E-state index contributed by atoms with van der Waals surface area (Å²) in [6.07, 6.45) is 21.3. The van der Waals surface area contributed by atoms with Crippen molar-refractivity contribution in [2.45, 2.75) is 122 Å². The highest BCUT2D eigenvalue weighted by Crippen LogP contribution is 2.44. The Balaban J connectivity index is 2.61. The van der Waals surface area contributed by atoms with E-state index < -0.39 is 0 Å². The molecule has 1 saturated carbocycles. The Morgan fingerprint density at radius 2 is 1.28 bits per heavy atom. The van der Waals surface area contributed by atoms with Gasteiger partial charge in [0.05, 0.1) is 0 Å². The third kappa shape index (κ3) is 7.99. The van der Waals surface area contributed by atoms with E-state index in [9.17, 15) is 0 Å². The SMILES string of the molecule is CCCCCCCCC(C1CCCC1)C(CCCCCC)(OC)OC. The first-order valence-corrected chi connectivity index (χ1v) is 11.3. The van der Waals surface area contributed by atoms with Gasteiger partial charge in [0.1, 0.15) is 0 Å².